The molecular weight excluding hydrogens is 290 g/mol. The van der Waals surface area contributed by atoms with Crippen LogP contribution in [0.2, 0.25) is 0 Å². The second-order valence-corrected chi connectivity index (χ2v) is 6.58. The smallest absolute Gasteiger partial charge is 0.0711 e. The zero-order valence-corrected chi connectivity index (χ0v) is 14.9. The van der Waals surface area contributed by atoms with E-state index >= 15 is 0 Å². The van der Waals surface area contributed by atoms with Gasteiger partial charge >= 0.3 is 0 Å². The fraction of sp³-hybridized carbons (Fsp3) is 0.174. The van der Waals surface area contributed by atoms with E-state index in [0.717, 1.165) is 22.4 Å². The van der Waals surface area contributed by atoms with Crippen molar-refractivity contribution >= 4 is 5.57 Å². The first-order valence-electron chi connectivity index (χ1n) is 8.26. The molecule has 120 valence electrons. The van der Waals surface area contributed by atoms with Crippen molar-refractivity contribution in [3.05, 3.63) is 83.6 Å². The number of hydrogen-bond donors (Lipinski definition) is 0. The van der Waals surface area contributed by atoms with Crippen LogP contribution in [0.25, 0.3) is 28.0 Å². The Labute approximate surface area is 144 Å². The molecule has 0 saturated carbocycles. The summed E-state index contributed by atoms with van der Waals surface area (Å²) in [5.74, 6) is 0. The third-order valence-corrected chi connectivity index (χ3v) is 4.35. The lowest BCUT2D eigenvalue weighted by atomic mass is 9.94. The van der Waals surface area contributed by atoms with E-state index in [1.165, 1.54) is 27.8 Å². The molecule has 1 heteroatoms. The summed E-state index contributed by atoms with van der Waals surface area (Å²) in [4.78, 5) is 4.76. The molecule has 0 aliphatic heterocycles. The summed E-state index contributed by atoms with van der Waals surface area (Å²) < 4.78 is 0. The monoisotopic (exact) mass is 313 g/mol. The van der Waals surface area contributed by atoms with Crippen LogP contribution in [-0.2, 0) is 0 Å². The van der Waals surface area contributed by atoms with Crippen LogP contribution >= 0.6 is 0 Å². The lowest BCUT2D eigenvalue weighted by Gasteiger charge is -2.13. The first-order chi connectivity index (χ1) is 11.5. The van der Waals surface area contributed by atoms with Gasteiger partial charge in [0.05, 0.1) is 5.69 Å². The highest BCUT2D eigenvalue weighted by Crippen LogP contribution is 2.31. The van der Waals surface area contributed by atoms with Gasteiger partial charge in [-0.1, -0.05) is 59.7 Å². The van der Waals surface area contributed by atoms with E-state index in [9.17, 15) is 0 Å². The first kappa shape index (κ1) is 16.2. The molecule has 2 aromatic carbocycles. The Bertz CT molecular complexity index is 919. The van der Waals surface area contributed by atoms with Crippen molar-refractivity contribution in [1.29, 1.82) is 0 Å². The molecule has 0 saturated heterocycles. The molecule has 0 amide bonds. The molecule has 0 radical (unpaired) electrons. The van der Waals surface area contributed by atoms with Crippen LogP contribution in [0.15, 0.2) is 61.3 Å². The molecule has 0 aliphatic rings. The maximum absolute atomic E-state index is 4.76. The minimum atomic E-state index is 1.01. The van der Waals surface area contributed by atoms with E-state index in [4.69, 9.17) is 4.98 Å². The normalized spacial score (nSPS) is 10.7. The van der Waals surface area contributed by atoms with E-state index in [-0.39, 0.29) is 0 Å². The summed E-state index contributed by atoms with van der Waals surface area (Å²) in [6, 6.07) is 17.2. The summed E-state index contributed by atoms with van der Waals surface area (Å²) >= 11 is 0. The van der Waals surface area contributed by atoms with Gasteiger partial charge < -0.3 is 0 Å². The van der Waals surface area contributed by atoms with Crippen molar-refractivity contribution < 1.29 is 0 Å². The second kappa shape index (κ2) is 6.45. The van der Waals surface area contributed by atoms with Gasteiger partial charge in [0.2, 0.25) is 0 Å². The number of benzene rings is 2. The van der Waals surface area contributed by atoms with Crippen molar-refractivity contribution in [2.75, 3.05) is 0 Å². The van der Waals surface area contributed by atoms with Crippen LogP contribution in [-0.4, -0.2) is 4.98 Å². The van der Waals surface area contributed by atoms with Gasteiger partial charge in [0.25, 0.3) is 0 Å². The molecule has 0 aliphatic carbocycles. The van der Waals surface area contributed by atoms with E-state index in [0.29, 0.717) is 0 Å². The number of aryl methyl sites for hydroxylation is 3. The van der Waals surface area contributed by atoms with Crippen molar-refractivity contribution in [2.45, 2.75) is 27.7 Å². The summed E-state index contributed by atoms with van der Waals surface area (Å²) in [6.07, 6.45) is 1.99. The number of pyridine rings is 1. The van der Waals surface area contributed by atoms with Crippen molar-refractivity contribution in [3.8, 4) is 22.4 Å². The van der Waals surface area contributed by atoms with Crippen LogP contribution in [0.1, 0.15) is 29.2 Å². The molecular formula is C23H23N. The van der Waals surface area contributed by atoms with Gasteiger partial charge in [-0.2, -0.15) is 0 Å². The van der Waals surface area contributed by atoms with E-state index < -0.39 is 0 Å². The quantitative estimate of drug-likeness (QED) is 0.547. The van der Waals surface area contributed by atoms with Gasteiger partial charge in [-0.3, -0.25) is 4.98 Å². The third kappa shape index (κ3) is 3.16. The molecule has 0 unspecified atom stereocenters. The summed E-state index contributed by atoms with van der Waals surface area (Å²) in [5, 5.41) is 0. The zero-order valence-electron chi connectivity index (χ0n) is 14.9. The van der Waals surface area contributed by atoms with Crippen molar-refractivity contribution in [3.63, 3.8) is 0 Å². The molecule has 0 N–H and O–H groups in total. The average molecular weight is 313 g/mol. The SMILES string of the molecule is C=C(C)c1ccc(C)cc1-c1cc(C)c(-c2cccc(C)c2)cn1. The summed E-state index contributed by atoms with van der Waals surface area (Å²) in [6.45, 7) is 12.5. The Kier molecular flexibility index (Phi) is 4.35. The zero-order chi connectivity index (χ0) is 17.3. The molecule has 0 atom stereocenters. The van der Waals surface area contributed by atoms with E-state index in [1.807, 2.05) is 13.1 Å². The van der Waals surface area contributed by atoms with Gasteiger partial charge in [-0.25, -0.2) is 0 Å². The molecule has 0 spiro atoms. The van der Waals surface area contributed by atoms with Crippen LogP contribution in [0, 0.1) is 20.8 Å². The molecule has 3 rings (SSSR count). The molecule has 3 aromatic rings. The Balaban J connectivity index is 2.11. The number of nitrogens with zero attached hydrogens (tertiary/aromatic N) is 1. The molecule has 0 fully saturated rings. The maximum atomic E-state index is 4.76. The fourth-order valence-corrected chi connectivity index (χ4v) is 3.06. The highest BCUT2D eigenvalue weighted by atomic mass is 14.7. The lowest BCUT2D eigenvalue weighted by Crippen LogP contribution is -1.94. The maximum Gasteiger partial charge on any atom is 0.0711 e. The number of hydrogen-bond acceptors (Lipinski definition) is 1. The van der Waals surface area contributed by atoms with E-state index in [1.54, 1.807) is 0 Å². The molecule has 1 nitrogen and oxygen atoms in total. The highest BCUT2D eigenvalue weighted by Gasteiger charge is 2.10. The Hall–Kier alpha value is -2.67. The predicted octanol–water partition coefficient (Wildman–Crippen LogP) is 6.37. The number of aromatic nitrogens is 1. The van der Waals surface area contributed by atoms with Crippen LogP contribution in [0.3, 0.4) is 0 Å². The number of rotatable bonds is 3. The molecule has 1 heterocycles. The number of allylic oxidation sites excluding steroid dienone is 1. The van der Waals surface area contributed by atoms with Crippen molar-refractivity contribution in [2.24, 2.45) is 0 Å². The molecule has 0 bridgehead atoms. The standard InChI is InChI=1S/C23H23N/c1-15(2)20-10-9-17(4)12-21(20)23-13-18(5)22(14-24-23)19-8-6-7-16(3)11-19/h6-14H,1H2,2-5H3. The lowest BCUT2D eigenvalue weighted by molar-refractivity contribution is 1.27. The fourth-order valence-electron chi connectivity index (χ4n) is 3.06. The minimum absolute atomic E-state index is 1.01. The van der Waals surface area contributed by atoms with Gasteiger partial charge in [0, 0.05) is 17.3 Å². The van der Waals surface area contributed by atoms with Gasteiger partial charge in [0.15, 0.2) is 0 Å². The van der Waals surface area contributed by atoms with Gasteiger partial charge in [-0.15, -0.1) is 0 Å². The molecule has 1 aromatic heterocycles. The Morgan fingerprint density at radius 2 is 1.62 bits per heavy atom. The third-order valence-electron chi connectivity index (χ3n) is 4.35. The topological polar surface area (TPSA) is 12.9 Å². The van der Waals surface area contributed by atoms with Crippen molar-refractivity contribution in [1.82, 2.24) is 4.98 Å². The Morgan fingerprint density at radius 3 is 2.29 bits per heavy atom. The Morgan fingerprint density at radius 1 is 0.875 bits per heavy atom. The summed E-state index contributed by atoms with van der Waals surface area (Å²) in [5.41, 5.74) is 10.5. The molecule has 24 heavy (non-hydrogen) atoms. The van der Waals surface area contributed by atoms with Crippen LogP contribution < -0.4 is 0 Å². The van der Waals surface area contributed by atoms with Crippen LogP contribution in [0.5, 0.6) is 0 Å². The van der Waals surface area contributed by atoms with Gasteiger partial charge in [-0.05, 0) is 56.5 Å². The minimum Gasteiger partial charge on any atom is -0.256 e. The average Bonchev–Trinajstić information content (AvgIpc) is 2.54. The predicted molar refractivity (Wildman–Crippen MR) is 104 cm³/mol. The summed E-state index contributed by atoms with van der Waals surface area (Å²) in [7, 11) is 0. The first-order valence-corrected chi connectivity index (χ1v) is 8.26. The largest absolute Gasteiger partial charge is 0.256 e. The van der Waals surface area contributed by atoms with E-state index in [2.05, 4.69) is 75.9 Å². The highest BCUT2D eigenvalue weighted by molar-refractivity contribution is 5.80. The second-order valence-electron chi connectivity index (χ2n) is 6.58. The van der Waals surface area contributed by atoms with Gasteiger partial charge in [0.1, 0.15) is 0 Å². The van der Waals surface area contributed by atoms with Crippen LogP contribution in [0.4, 0.5) is 0 Å².